The minimum Gasteiger partial charge on any atom is -0.412 e. The van der Waals surface area contributed by atoms with E-state index in [0.29, 0.717) is 17.6 Å². The lowest BCUT2D eigenvalue weighted by Gasteiger charge is -2.37. The van der Waals surface area contributed by atoms with Gasteiger partial charge in [-0.3, -0.25) is 4.79 Å². The van der Waals surface area contributed by atoms with E-state index < -0.39 is 8.32 Å². The van der Waals surface area contributed by atoms with Gasteiger partial charge in [0.05, 0.1) is 5.60 Å². The number of rotatable bonds is 2. The molecule has 2 saturated carbocycles. The summed E-state index contributed by atoms with van der Waals surface area (Å²) in [4.78, 5) is 11.5. The third kappa shape index (κ3) is 2.18. The predicted molar refractivity (Wildman–Crippen MR) is 63.3 cm³/mol. The van der Waals surface area contributed by atoms with Crippen molar-refractivity contribution in [2.24, 2.45) is 11.8 Å². The molecule has 2 fully saturated rings. The highest BCUT2D eigenvalue weighted by atomic mass is 28.4. The van der Waals surface area contributed by atoms with Crippen LogP contribution in [0.4, 0.5) is 0 Å². The largest absolute Gasteiger partial charge is 0.412 e. The van der Waals surface area contributed by atoms with E-state index in [-0.39, 0.29) is 5.60 Å². The maximum atomic E-state index is 11.5. The van der Waals surface area contributed by atoms with Gasteiger partial charge in [0.25, 0.3) is 0 Å². The summed E-state index contributed by atoms with van der Waals surface area (Å²) >= 11 is 0. The van der Waals surface area contributed by atoms with Gasteiger partial charge in [0.15, 0.2) is 8.32 Å². The first-order valence-electron chi connectivity index (χ1n) is 6.02. The highest BCUT2D eigenvalue weighted by Gasteiger charge is 2.51. The Balaban J connectivity index is 2.12. The van der Waals surface area contributed by atoms with E-state index in [1.807, 2.05) is 0 Å². The minimum absolute atomic E-state index is 0.00129. The maximum Gasteiger partial charge on any atom is 0.184 e. The minimum atomic E-state index is -1.49. The van der Waals surface area contributed by atoms with Gasteiger partial charge in [0, 0.05) is 12.8 Å². The molecule has 3 unspecified atom stereocenters. The zero-order valence-electron chi connectivity index (χ0n) is 10.3. The van der Waals surface area contributed by atoms with Crippen molar-refractivity contribution in [3.05, 3.63) is 0 Å². The molecule has 3 heteroatoms. The molecule has 0 amide bonds. The van der Waals surface area contributed by atoms with Crippen molar-refractivity contribution < 1.29 is 9.22 Å². The Morgan fingerprint density at radius 1 is 1.33 bits per heavy atom. The summed E-state index contributed by atoms with van der Waals surface area (Å²) in [6.45, 7) is 8.95. The van der Waals surface area contributed by atoms with Crippen LogP contribution < -0.4 is 0 Å². The number of ketones is 1. The number of hydrogen-bond acceptors (Lipinski definition) is 2. The van der Waals surface area contributed by atoms with Crippen LogP contribution >= 0.6 is 0 Å². The Hall–Kier alpha value is -0.153. The summed E-state index contributed by atoms with van der Waals surface area (Å²) in [6.07, 6.45) is 3.93. The molecule has 0 aromatic rings. The average molecular weight is 226 g/mol. The third-order valence-electron chi connectivity index (χ3n) is 3.84. The molecular weight excluding hydrogens is 204 g/mol. The van der Waals surface area contributed by atoms with Crippen LogP contribution in [0, 0.1) is 11.8 Å². The molecule has 0 radical (unpaired) electrons. The Bertz CT molecular complexity index is 282. The fourth-order valence-electron chi connectivity index (χ4n) is 3.43. The van der Waals surface area contributed by atoms with Crippen LogP contribution in [0.5, 0.6) is 0 Å². The second-order valence-corrected chi connectivity index (χ2v) is 10.8. The van der Waals surface area contributed by atoms with E-state index in [0.717, 1.165) is 19.3 Å². The van der Waals surface area contributed by atoms with Crippen LogP contribution in [0.15, 0.2) is 0 Å². The van der Waals surface area contributed by atoms with E-state index in [4.69, 9.17) is 4.43 Å². The lowest BCUT2D eigenvalue weighted by atomic mass is 9.89. The number of hydrogen-bond donors (Lipinski definition) is 0. The predicted octanol–water partition coefficient (Wildman–Crippen LogP) is 2.99. The van der Waals surface area contributed by atoms with Gasteiger partial charge in [0.1, 0.15) is 5.78 Å². The number of fused-ring (bicyclic) bond motifs is 1. The molecule has 0 aromatic heterocycles. The molecule has 3 atom stereocenters. The molecule has 2 aliphatic carbocycles. The molecule has 0 saturated heterocycles. The molecule has 0 N–H and O–H groups in total. The lowest BCUT2D eigenvalue weighted by molar-refractivity contribution is -0.118. The molecule has 15 heavy (non-hydrogen) atoms. The molecule has 2 nitrogen and oxygen atoms in total. The molecular formula is C12H22O2Si. The average Bonchev–Trinajstić information content (AvgIpc) is 2.50. The standard InChI is InChI=1S/C12H22O2Si/c1-12(14-15(2,3)4)6-5-9-7-10(13)8-11(9)12/h9,11H,5-8H2,1-4H3. The summed E-state index contributed by atoms with van der Waals surface area (Å²) < 4.78 is 6.34. The number of carbonyl (C=O) groups is 1. The van der Waals surface area contributed by atoms with Crippen molar-refractivity contribution in [2.45, 2.75) is 57.8 Å². The Labute approximate surface area is 93.5 Å². The van der Waals surface area contributed by atoms with Crippen LogP contribution in [0.25, 0.3) is 0 Å². The van der Waals surface area contributed by atoms with Gasteiger partial charge in [-0.05, 0) is 51.2 Å². The fourth-order valence-corrected chi connectivity index (χ4v) is 5.08. The lowest BCUT2D eigenvalue weighted by Crippen LogP contribution is -2.43. The van der Waals surface area contributed by atoms with E-state index in [9.17, 15) is 4.79 Å². The Kier molecular flexibility index (Phi) is 2.59. The molecule has 0 spiro atoms. The molecule has 2 aliphatic rings. The van der Waals surface area contributed by atoms with Crippen LogP contribution in [0.2, 0.25) is 19.6 Å². The summed E-state index contributed by atoms with van der Waals surface area (Å²) in [5.74, 6) is 1.59. The molecule has 0 aromatic carbocycles. The SMILES string of the molecule is CC1(O[Si](C)(C)C)CCC2CC(=O)CC21. The molecule has 0 bridgehead atoms. The van der Waals surface area contributed by atoms with Crippen LogP contribution in [0.3, 0.4) is 0 Å². The third-order valence-corrected chi connectivity index (χ3v) is 4.92. The topological polar surface area (TPSA) is 26.3 Å². The summed E-state index contributed by atoms with van der Waals surface area (Å²) in [5, 5.41) is 0. The van der Waals surface area contributed by atoms with Gasteiger partial charge in [-0.1, -0.05) is 0 Å². The van der Waals surface area contributed by atoms with Crippen LogP contribution in [-0.2, 0) is 9.22 Å². The van der Waals surface area contributed by atoms with Gasteiger partial charge in [-0.2, -0.15) is 0 Å². The molecule has 86 valence electrons. The van der Waals surface area contributed by atoms with Gasteiger partial charge in [-0.15, -0.1) is 0 Å². The van der Waals surface area contributed by atoms with Crippen molar-refractivity contribution >= 4 is 14.1 Å². The molecule has 0 heterocycles. The van der Waals surface area contributed by atoms with Gasteiger partial charge < -0.3 is 4.43 Å². The normalized spacial score (nSPS) is 40.9. The van der Waals surface area contributed by atoms with E-state index in [2.05, 4.69) is 26.6 Å². The zero-order valence-corrected chi connectivity index (χ0v) is 11.3. The van der Waals surface area contributed by atoms with E-state index in [1.54, 1.807) is 0 Å². The van der Waals surface area contributed by atoms with Gasteiger partial charge >= 0.3 is 0 Å². The van der Waals surface area contributed by atoms with E-state index in [1.165, 1.54) is 6.42 Å². The van der Waals surface area contributed by atoms with Crippen molar-refractivity contribution in [1.29, 1.82) is 0 Å². The monoisotopic (exact) mass is 226 g/mol. The van der Waals surface area contributed by atoms with Crippen molar-refractivity contribution in [1.82, 2.24) is 0 Å². The first-order valence-corrected chi connectivity index (χ1v) is 9.43. The van der Waals surface area contributed by atoms with Crippen molar-refractivity contribution in [2.75, 3.05) is 0 Å². The first kappa shape index (κ1) is 11.3. The summed E-state index contributed by atoms with van der Waals surface area (Å²) in [6, 6.07) is 0. The highest BCUT2D eigenvalue weighted by molar-refractivity contribution is 6.69. The van der Waals surface area contributed by atoms with Gasteiger partial charge in [0.2, 0.25) is 0 Å². The first-order chi connectivity index (χ1) is 6.80. The fraction of sp³-hybridized carbons (Fsp3) is 0.917. The zero-order chi connectivity index (χ0) is 11.3. The number of Topliss-reactive ketones (excluding diaryl/α,β-unsaturated/α-hetero) is 1. The van der Waals surface area contributed by atoms with Crippen LogP contribution in [-0.4, -0.2) is 19.7 Å². The second kappa shape index (κ2) is 3.42. The Morgan fingerprint density at radius 2 is 2.00 bits per heavy atom. The smallest absolute Gasteiger partial charge is 0.184 e. The number of carbonyl (C=O) groups excluding carboxylic acids is 1. The quantitative estimate of drug-likeness (QED) is 0.677. The maximum absolute atomic E-state index is 11.5. The van der Waals surface area contributed by atoms with Crippen molar-refractivity contribution in [3.8, 4) is 0 Å². The highest BCUT2D eigenvalue weighted by Crippen LogP contribution is 2.51. The summed E-state index contributed by atoms with van der Waals surface area (Å²) in [5.41, 5.74) is 0.00129. The Morgan fingerprint density at radius 3 is 2.60 bits per heavy atom. The molecule has 2 rings (SSSR count). The van der Waals surface area contributed by atoms with Crippen LogP contribution in [0.1, 0.15) is 32.6 Å². The second-order valence-electron chi connectivity index (χ2n) is 6.38. The van der Waals surface area contributed by atoms with E-state index >= 15 is 0 Å². The summed E-state index contributed by atoms with van der Waals surface area (Å²) in [7, 11) is -1.49. The molecule has 0 aliphatic heterocycles. The van der Waals surface area contributed by atoms with Crippen molar-refractivity contribution in [3.63, 3.8) is 0 Å². The van der Waals surface area contributed by atoms with Gasteiger partial charge in [-0.25, -0.2) is 0 Å².